The summed E-state index contributed by atoms with van der Waals surface area (Å²) in [6, 6.07) is 2.53. The smallest absolute Gasteiger partial charge is 0.141 e. The lowest BCUT2D eigenvalue weighted by atomic mass is 9.87. The quantitative estimate of drug-likeness (QED) is 0.896. The van der Waals surface area contributed by atoms with Crippen LogP contribution < -0.4 is 10.2 Å². The molecule has 112 valence electrons. The first-order valence-corrected chi connectivity index (χ1v) is 7.39. The van der Waals surface area contributed by atoms with Crippen molar-refractivity contribution in [3.63, 3.8) is 0 Å². The van der Waals surface area contributed by atoms with Crippen molar-refractivity contribution in [3.05, 3.63) is 23.6 Å². The Bertz CT molecular complexity index is 463. The highest BCUT2D eigenvalue weighted by atomic mass is 19.1. The van der Waals surface area contributed by atoms with Crippen LogP contribution in [0, 0.1) is 11.2 Å². The van der Waals surface area contributed by atoms with Gasteiger partial charge in [0.25, 0.3) is 0 Å². The largest absolute Gasteiger partial charge is 0.356 e. The van der Waals surface area contributed by atoms with Gasteiger partial charge in [-0.25, -0.2) is 9.37 Å². The highest BCUT2D eigenvalue weighted by Gasteiger charge is 2.27. The number of pyridine rings is 1. The van der Waals surface area contributed by atoms with Crippen molar-refractivity contribution >= 4 is 5.82 Å². The summed E-state index contributed by atoms with van der Waals surface area (Å²) in [6.07, 6.45) is 3.76. The van der Waals surface area contributed by atoms with E-state index in [2.05, 4.69) is 42.9 Å². The van der Waals surface area contributed by atoms with Crippen molar-refractivity contribution in [2.75, 3.05) is 11.9 Å². The van der Waals surface area contributed by atoms with Crippen LogP contribution in [-0.2, 0) is 6.54 Å². The average molecular weight is 279 g/mol. The number of anilines is 1. The number of nitrogens with zero attached hydrogens (tertiary/aromatic N) is 2. The molecular formula is C16H26FN3. The Kier molecular flexibility index (Phi) is 4.33. The van der Waals surface area contributed by atoms with E-state index in [1.54, 1.807) is 6.07 Å². The maximum absolute atomic E-state index is 13.5. The van der Waals surface area contributed by atoms with Crippen molar-refractivity contribution in [3.8, 4) is 0 Å². The summed E-state index contributed by atoms with van der Waals surface area (Å²) < 4.78 is 13.5. The van der Waals surface area contributed by atoms with Gasteiger partial charge in [0, 0.05) is 31.2 Å². The molecule has 1 aromatic rings. The summed E-state index contributed by atoms with van der Waals surface area (Å²) in [5.74, 6) is 0.611. The molecule has 1 aromatic heterocycles. The Morgan fingerprint density at radius 1 is 1.45 bits per heavy atom. The number of rotatable bonds is 5. The Labute approximate surface area is 121 Å². The minimum absolute atomic E-state index is 0.145. The maximum Gasteiger partial charge on any atom is 0.141 e. The molecule has 1 fully saturated rings. The summed E-state index contributed by atoms with van der Waals surface area (Å²) in [6.45, 7) is 9.49. The normalized spacial score (nSPS) is 17.1. The summed E-state index contributed by atoms with van der Waals surface area (Å²) >= 11 is 0. The molecule has 3 nitrogen and oxygen atoms in total. The van der Waals surface area contributed by atoms with E-state index in [0.29, 0.717) is 18.6 Å². The van der Waals surface area contributed by atoms with E-state index in [4.69, 9.17) is 0 Å². The van der Waals surface area contributed by atoms with Gasteiger partial charge < -0.3 is 10.2 Å². The summed E-state index contributed by atoms with van der Waals surface area (Å²) in [5.41, 5.74) is 1.09. The second kappa shape index (κ2) is 5.68. The SMILES string of the molecule is CC(N(C)c1ncc(F)cc1CNC1CC1)C(C)(C)C. The number of hydrogen-bond donors (Lipinski definition) is 1. The van der Waals surface area contributed by atoms with E-state index in [1.807, 2.05) is 7.05 Å². The lowest BCUT2D eigenvalue weighted by Gasteiger charge is -2.37. The first-order valence-electron chi connectivity index (χ1n) is 7.39. The van der Waals surface area contributed by atoms with Crippen LogP contribution in [0.4, 0.5) is 10.2 Å². The molecule has 20 heavy (non-hydrogen) atoms. The van der Waals surface area contributed by atoms with Crippen LogP contribution in [0.15, 0.2) is 12.3 Å². The minimum atomic E-state index is -0.266. The molecule has 0 radical (unpaired) electrons. The van der Waals surface area contributed by atoms with Crippen LogP contribution in [0.3, 0.4) is 0 Å². The third-order valence-corrected chi connectivity index (χ3v) is 4.24. The van der Waals surface area contributed by atoms with Crippen molar-refractivity contribution in [2.24, 2.45) is 5.41 Å². The van der Waals surface area contributed by atoms with Gasteiger partial charge in [-0.1, -0.05) is 20.8 Å². The van der Waals surface area contributed by atoms with E-state index in [9.17, 15) is 4.39 Å². The topological polar surface area (TPSA) is 28.2 Å². The number of nitrogens with one attached hydrogen (secondary N) is 1. The van der Waals surface area contributed by atoms with Crippen LogP contribution in [0.5, 0.6) is 0 Å². The lowest BCUT2D eigenvalue weighted by molar-refractivity contribution is 0.328. The van der Waals surface area contributed by atoms with Crippen LogP contribution in [0.25, 0.3) is 0 Å². The molecule has 1 unspecified atom stereocenters. The molecule has 1 aliphatic rings. The molecule has 1 heterocycles. The predicted octanol–water partition coefficient (Wildman–Crippen LogP) is 3.34. The summed E-state index contributed by atoms with van der Waals surface area (Å²) in [5, 5.41) is 3.44. The van der Waals surface area contributed by atoms with E-state index >= 15 is 0 Å². The summed E-state index contributed by atoms with van der Waals surface area (Å²) in [7, 11) is 2.04. The van der Waals surface area contributed by atoms with Gasteiger partial charge in [0.05, 0.1) is 6.20 Å². The van der Waals surface area contributed by atoms with Crippen LogP contribution >= 0.6 is 0 Å². The maximum atomic E-state index is 13.5. The van der Waals surface area contributed by atoms with Gasteiger partial charge in [-0.05, 0) is 31.2 Å². The monoisotopic (exact) mass is 279 g/mol. The van der Waals surface area contributed by atoms with E-state index in [0.717, 1.165) is 11.4 Å². The molecule has 1 saturated carbocycles. The van der Waals surface area contributed by atoms with Gasteiger partial charge in [0.1, 0.15) is 11.6 Å². The molecule has 1 aliphatic carbocycles. The van der Waals surface area contributed by atoms with Gasteiger partial charge in [-0.15, -0.1) is 0 Å². The average Bonchev–Trinajstić information content (AvgIpc) is 3.17. The molecular weight excluding hydrogens is 253 g/mol. The van der Waals surface area contributed by atoms with Crippen molar-refractivity contribution < 1.29 is 4.39 Å². The molecule has 1 atom stereocenters. The Morgan fingerprint density at radius 2 is 2.10 bits per heavy atom. The van der Waals surface area contributed by atoms with Crippen molar-refractivity contribution in [1.82, 2.24) is 10.3 Å². The Balaban J connectivity index is 2.19. The third-order valence-electron chi connectivity index (χ3n) is 4.24. The van der Waals surface area contributed by atoms with Crippen LogP contribution in [0.1, 0.15) is 46.1 Å². The fourth-order valence-corrected chi connectivity index (χ4v) is 2.23. The highest BCUT2D eigenvalue weighted by molar-refractivity contribution is 5.47. The van der Waals surface area contributed by atoms with Crippen LogP contribution in [-0.4, -0.2) is 24.1 Å². The zero-order valence-corrected chi connectivity index (χ0v) is 13.2. The molecule has 0 bridgehead atoms. The minimum Gasteiger partial charge on any atom is -0.356 e. The second-order valence-corrected chi connectivity index (χ2v) is 6.94. The van der Waals surface area contributed by atoms with Crippen molar-refractivity contribution in [1.29, 1.82) is 0 Å². The molecule has 0 aromatic carbocycles. The van der Waals surface area contributed by atoms with Gasteiger partial charge in [0.2, 0.25) is 0 Å². The molecule has 0 spiro atoms. The van der Waals surface area contributed by atoms with Gasteiger partial charge in [0.15, 0.2) is 0 Å². The summed E-state index contributed by atoms with van der Waals surface area (Å²) in [4.78, 5) is 6.48. The molecule has 0 saturated heterocycles. The number of hydrogen-bond acceptors (Lipinski definition) is 3. The molecule has 1 N–H and O–H groups in total. The molecule has 4 heteroatoms. The van der Waals surface area contributed by atoms with Gasteiger partial charge >= 0.3 is 0 Å². The Hall–Kier alpha value is -1.16. The van der Waals surface area contributed by atoms with E-state index in [1.165, 1.54) is 19.0 Å². The Morgan fingerprint density at radius 3 is 2.65 bits per heavy atom. The predicted molar refractivity (Wildman–Crippen MR) is 81.4 cm³/mol. The number of halogens is 1. The fraction of sp³-hybridized carbons (Fsp3) is 0.688. The molecule has 0 amide bonds. The number of aromatic nitrogens is 1. The lowest BCUT2D eigenvalue weighted by Crippen LogP contribution is -2.40. The first-order chi connectivity index (χ1) is 9.29. The molecule has 2 rings (SSSR count). The highest BCUT2D eigenvalue weighted by Crippen LogP contribution is 2.29. The molecule has 0 aliphatic heterocycles. The van der Waals surface area contributed by atoms with E-state index < -0.39 is 0 Å². The van der Waals surface area contributed by atoms with E-state index in [-0.39, 0.29) is 11.2 Å². The van der Waals surface area contributed by atoms with Crippen molar-refractivity contribution in [2.45, 2.75) is 59.2 Å². The first kappa shape index (κ1) is 15.2. The zero-order chi connectivity index (χ0) is 14.9. The third kappa shape index (κ3) is 3.69. The van der Waals surface area contributed by atoms with Crippen LogP contribution in [0.2, 0.25) is 0 Å². The van der Waals surface area contributed by atoms with Gasteiger partial charge in [-0.2, -0.15) is 0 Å². The van der Waals surface area contributed by atoms with Gasteiger partial charge in [-0.3, -0.25) is 0 Å². The standard InChI is InChI=1S/C16H26FN3/c1-11(16(2,3)4)20(5)15-12(8-13(17)10-19-15)9-18-14-6-7-14/h8,10-11,14,18H,6-7,9H2,1-5H3. The second-order valence-electron chi connectivity index (χ2n) is 6.94. The zero-order valence-electron chi connectivity index (χ0n) is 13.2. The fourth-order valence-electron chi connectivity index (χ4n) is 2.23.